The van der Waals surface area contributed by atoms with Crippen molar-refractivity contribution < 1.29 is 21.6 Å². The summed E-state index contributed by atoms with van der Waals surface area (Å²) < 4.78 is 53.7. The van der Waals surface area contributed by atoms with Crippen LogP contribution in [0.15, 0.2) is 46.5 Å². The SMILES string of the molecule is NC(=O)c1cn2cccc(-c3ccc(S(=O)(=O)C4CNC4)c(S(N)(=O)=O)c3-c3nn[nH]n3)c2n1. The van der Waals surface area contributed by atoms with E-state index in [-0.39, 0.29) is 41.4 Å². The highest BCUT2D eigenvalue weighted by molar-refractivity contribution is 7.94. The normalized spacial score (nSPS) is 14.9. The van der Waals surface area contributed by atoms with Gasteiger partial charge in [0.25, 0.3) is 5.91 Å². The van der Waals surface area contributed by atoms with E-state index in [9.17, 15) is 21.6 Å². The zero-order valence-corrected chi connectivity index (χ0v) is 18.8. The molecule has 176 valence electrons. The second-order valence-corrected chi connectivity index (χ2v) is 11.3. The van der Waals surface area contributed by atoms with Gasteiger partial charge in [0.15, 0.2) is 9.84 Å². The number of carbonyl (C=O) groups is 1. The van der Waals surface area contributed by atoms with Crippen LogP contribution in [0.4, 0.5) is 0 Å². The van der Waals surface area contributed by atoms with Gasteiger partial charge in [-0.2, -0.15) is 5.21 Å². The lowest BCUT2D eigenvalue weighted by Crippen LogP contribution is -2.51. The van der Waals surface area contributed by atoms with Crippen molar-refractivity contribution in [1.29, 1.82) is 0 Å². The Balaban J connectivity index is 1.89. The summed E-state index contributed by atoms with van der Waals surface area (Å²) in [5.41, 5.74) is 6.00. The number of imidazole rings is 1. The number of nitrogens with zero attached hydrogens (tertiary/aromatic N) is 5. The molecule has 34 heavy (non-hydrogen) atoms. The van der Waals surface area contributed by atoms with Gasteiger partial charge >= 0.3 is 0 Å². The Hall–Kier alpha value is -3.73. The first kappa shape index (κ1) is 22.1. The molecule has 1 saturated heterocycles. The van der Waals surface area contributed by atoms with E-state index in [0.717, 1.165) is 0 Å². The molecule has 16 heteroatoms. The molecule has 0 unspecified atom stereocenters. The molecule has 5 rings (SSSR count). The number of amides is 1. The van der Waals surface area contributed by atoms with Crippen LogP contribution in [0.5, 0.6) is 0 Å². The van der Waals surface area contributed by atoms with Crippen LogP contribution in [0.25, 0.3) is 28.2 Å². The van der Waals surface area contributed by atoms with Crippen molar-refractivity contribution in [2.24, 2.45) is 10.9 Å². The second kappa shape index (κ2) is 7.66. The van der Waals surface area contributed by atoms with Crippen molar-refractivity contribution in [2.75, 3.05) is 13.1 Å². The number of nitrogens with two attached hydrogens (primary N) is 2. The number of primary sulfonamides is 1. The van der Waals surface area contributed by atoms with Gasteiger partial charge < -0.3 is 15.5 Å². The summed E-state index contributed by atoms with van der Waals surface area (Å²) in [4.78, 5) is 14.8. The minimum atomic E-state index is -4.61. The Morgan fingerprint density at radius 3 is 2.47 bits per heavy atom. The third-order valence-corrected chi connectivity index (χ3v) is 8.78. The second-order valence-electron chi connectivity index (χ2n) is 7.56. The number of aromatic amines is 1. The van der Waals surface area contributed by atoms with Gasteiger partial charge in [-0.3, -0.25) is 4.79 Å². The van der Waals surface area contributed by atoms with Crippen LogP contribution in [-0.2, 0) is 19.9 Å². The number of pyridine rings is 1. The van der Waals surface area contributed by atoms with Gasteiger partial charge in [-0.1, -0.05) is 6.07 Å². The Bertz CT molecular complexity index is 1660. The lowest BCUT2D eigenvalue weighted by molar-refractivity contribution is 0.0996. The summed E-state index contributed by atoms with van der Waals surface area (Å²) in [6, 6.07) is 5.86. The summed E-state index contributed by atoms with van der Waals surface area (Å²) in [7, 11) is -8.67. The van der Waals surface area contributed by atoms with Crippen molar-refractivity contribution in [2.45, 2.75) is 15.0 Å². The van der Waals surface area contributed by atoms with Crippen LogP contribution in [0.1, 0.15) is 10.5 Å². The number of benzene rings is 1. The highest BCUT2D eigenvalue weighted by Crippen LogP contribution is 2.40. The Labute approximate surface area is 192 Å². The highest BCUT2D eigenvalue weighted by Gasteiger charge is 2.39. The number of H-pyrrole nitrogens is 1. The lowest BCUT2D eigenvalue weighted by atomic mass is 10.00. The molecule has 0 spiro atoms. The van der Waals surface area contributed by atoms with Gasteiger partial charge in [0.2, 0.25) is 15.8 Å². The molecule has 0 atom stereocenters. The summed E-state index contributed by atoms with van der Waals surface area (Å²) >= 11 is 0. The lowest BCUT2D eigenvalue weighted by Gasteiger charge is -2.28. The fourth-order valence-electron chi connectivity index (χ4n) is 3.79. The number of nitrogens with one attached hydrogen (secondary N) is 2. The minimum absolute atomic E-state index is 0.0167. The third kappa shape index (κ3) is 3.43. The number of hydrogen-bond donors (Lipinski definition) is 4. The summed E-state index contributed by atoms with van der Waals surface area (Å²) in [5, 5.41) is 21.1. The number of carbonyl (C=O) groups excluding carboxylic acids is 1. The molecule has 0 aliphatic carbocycles. The number of rotatable bonds is 6. The van der Waals surface area contributed by atoms with Crippen molar-refractivity contribution in [1.82, 2.24) is 35.3 Å². The molecule has 0 bridgehead atoms. The molecule has 6 N–H and O–H groups in total. The van der Waals surface area contributed by atoms with Gasteiger partial charge in [0.1, 0.15) is 16.2 Å². The summed E-state index contributed by atoms with van der Waals surface area (Å²) in [6.45, 7) is 0.351. The van der Waals surface area contributed by atoms with Crippen LogP contribution < -0.4 is 16.2 Å². The molecule has 1 aromatic carbocycles. The third-order valence-electron chi connectivity index (χ3n) is 5.49. The first-order chi connectivity index (χ1) is 16.1. The van der Waals surface area contributed by atoms with E-state index in [1.807, 2.05) is 0 Å². The molecule has 0 saturated carbocycles. The van der Waals surface area contributed by atoms with Crippen molar-refractivity contribution >= 4 is 31.4 Å². The summed E-state index contributed by atoms with van der Waals surface area (Å²) in [6.07, 6.45) is 3.04. The number of sulfone groups is 1. The molecule has 3 aromatic heterocycles. The first-order valence-corrected chi connectivity index (χ1v) is 12.8. The molecular formula is C18H17N9O5S2. The molecule has 1 aliphatic heterocycles. The van der Waals surface area contributed by atoms with Gasteiger partial charge in [-0.15, -0.1) is 10.2 Å². The van der Waals surface area contributed by atoms with E-state index in [1.54, 1.807) is 18.3 Å². The maximum Gasteiger partial charge on any atom is 0.268 e. The molecule has 1 amide bonds. The van der Waals surface area contributed by atoms with Crippen molar-refractivity contribution in [3.05, 3.63) is 42.4 Å². The Kier molecular flexibility index (Phi) is 4.97. The summed E-state index contributed by atoms with van der Waals surface area (Å²) in [5.74, 6) is -0.944. The monoisotopic (exact) mass is 503 g/mol. The van der Waals surface area contributed by atoms with E-state index in [2.05, 4.69) is 30.9 Å². The average Bonchev–Trinajstić information content (AvgIpc) is 3.40. The Morgan fingerprint density at radius 2 is 1.88 bits per heavy atom. The average molecular weight is 504 g/mol. The van der Waals surface area contributed by atoms with Gasteiger partial charge in [-0.05, 0) is 29.0 Å². The zero-order valence-electron chi connectivity index (χ0n) is 17.2. The fourth-order valence-corrected chi connectivity index (χ4v) is 6.97. The smallest absolute Gasteiger partial charge is 0.268 e. The molecule has 14 nitrogen and oxygen atoms in total. The van der Waals surface area contributed by atoms with E-state index >= 15 is 0 Å². The predicted octanol–water partition coefficient (Wildman–Crippen LogP) is -1.33. The van der Waals surface area contributed by atoms with Crippen LogP contribution in [-0.4, -0.2) is 71.1 Å². The van der Waals surface area contributed by atoms with Crippen LogP contribution in [0, 0.1) is 0 Å². The zero-order chi connectivity index (χ0) is 24.3. The number of sulfonamides is 1. The molecule has 0 radical (unpaired) electrons. The number of tetrazole rings is 1. The van der Waals surface area contributed by atoms with E-state index in [0.29, 0.717) is 5.56 Å². The molecule has 1 fully saturated rings. The number of primary amides is 1. The van der Waals surface area contributed by atoms with E-state index in [4.69, 9.17) is 10.9 Å². The molecule has 4 aromatic rings. The van der Waals surface area contributed by atoms with Crippen LogP contribution in [0.3, 0.4) is 0 Å². The largest absolute Gasteiger partial charge is 0.364 e. The molecule has 4 heterocycles. The molecular weight excluding hydrogens is 486 g/mol. The van der Waals surface area contributed by atoms with Crippen LogP contribution >= 0.6 is 0 Å². The van der Waals surface area contributed by atoms with Crippen LogP contribution in [0.2, 0.25) is 0 Å². The van der Waals surface area contributed by atoms with Gasteiger partial charge in [0, 0.05) is 31.0 Å². The van der Waals surface area contributed by atoms with Crippen molar-refractivity contribution in [3.63, 3.8) is 0 Å². The van der Waals surface area contributed by atoms with Crippen molar-refractivity contribution in [3.8, 4) is 22.5 Å². The first-order valence-electron chi connectivity index (χ1n) is 9.75. The Morgan fingerprint density at radius 1 is 1.12 bits per heavy atom. The topological polar surface area (TPSA) is 221 Å². The fraction of sp³-hybridized carbons (Fsp3) is 0.167. The standard InChI is InChI=1S/C18H17N9O5S2/c19-16(28)12-8-27-5-1-2-11(18(27)22-12)10-3-4-13(33(29,30)9-6-21-7-9)15(34(20,31)32)14(10)17-23-25-26-24-17/h1-5,8-9,21H,6-7H2,(H2,19,28)(H2,20,31,32)(H,23,24,25,26). The van der Waals surface area contributed by atoms with E-state index in [1.165, 1.54) is 22.7 Å². The molecule has 1 aliphatic rings. The number of fused-ring (bicyclic) bond motifs is 1. The number of hydrogen-bond acceptors (Lipinski definition) is 10. The highest BCUT2D eigenvalue weighted by atomic mass is 32.2. The quantitative estimate of drug-likeness (QED) is 0.243. The number of aromatic nitrogens is 6. The maximum atomic E-state index is 13.3. The van der Waals surface area contributed by atoms with Gasteiger partial charge in [-0.25, -0.2) is 27.0 Å². The maximum absolute atomic E-state index is 13.3. The minimum Gasteiger partial charge on any atom is -0.364 e. The predicted molar refractivity (Wildman–Crippen MR) is 118 cm³/mol. The van der Waals surface area contributed by atoms with Gasteiger partial charge in [0.05, 0.1) is 15.7 Å². The van der Waals surface area contributed by atoms with E-state index < -0.39 is 40.8 Å².